The molecule has 1 aromatic heterocycles. The molecule has 0 saturated carbocycles. The third-order valence-electron chi connectivity index (χ3n) is 7.53. The van der Waals surface area contributed by atoms with Crippen LogP contribution in [0.5, 0.6) is 0 Å². The molecule has 1 aliphatic rings. The highest BCUT2D eigenvalue weighted by atomic mass is 19.4. The van der Waals surface area contributed by atoms with Crippen LogP contribution in [0, 0.1) is 15.5 Å². The van der Waals surface area contributed by atoms with Gasteiger partial charge in [-0.15, -0.1) is 0 Å². The van der Waals surface area contributed by atoms with Gasteiger partial charge in [0.25, 0.3) is 11.6 Å². The first-order valence-electron chi connectivity index (χ1n) is 13.2. The molecule has 0 spiro atoms. The van der Waals surface area contributed by atoms with Crippen LogP contribution in [0.1, 0.15) is 32.9 Å². The molecule has 4 aromatic rings. The van der Waals surface area contributed by atoms with Crippen molar-refractivity contribution in [1.29, 1.82) is 5.41 Å². The maximum Gasteiger partial charge on any atom is 0.416 e. The Bertz CT molecular complexity index is 1670. The first-order valence-corrected chi connectivity index (χ1v) is 13.2. The van der Waals surface area contributed by atoms with E-state index >= 15 is 0 Å². The molecule has 10 nitrogen and oxygen atoms in total. The summed E-state index contributed by atoms with van der Waals surface area (Å²) in [4.78, 5) is 32.0. The standard InChI is InChI=1S/C29H28F3N7O3/c1-36-23-9-7-20(16-22(23)35-26(36)11-4-18-2-5-19(6-3-18)27(33)34)28(40)38-14-12-37(13-15-38)24-10-8-21(29(30,31)32)17-25(24)39(41)42/h2-3,5-10,16-17H,4,11-15H2,1H3,(H3,33,34). The number of amidine groups is 1. The Kier molecular flexibility index (Phi) is 7.59. The van der Waals surface area contributed by atoms with Crippen LogP contribution < -0.4 is 10.6 Å². The van der Waals surface area contributed by atoms with Crippen molar-refractivity contribution < 1.29 is 22.9 Å². The van der Waals surface area contributed by atoms with Crippen molar-refractivity contribution in [2.45, 2.75) is 19.0 Å². The third kappa shape index (κ3) is 5.76. The lowest BCUT2D eigenvalue weighted by atomic mass is 10.1. The van der Waals surface area contributed by atoms with Gasteiger partial charge in [-0.3, -0.25) is 20.3 Å². The Hall–Kier alpha value is -4.94. The highest BCUT2D eigenvalue weighted by Crippen LogP contribution is 2.37. The molecule has 3 aromatic carbocycles. The zero-order valence-corrected chi connectivity index (χ0v) is 22.7. The number of nitro groups is 1. The summed E-state index contributed by atoms with van der Waals surface area (Å²) in [7, 11) is 1.92. The number of hydrogen-bond donors (Lipinski definition) is 2. The van der Waals surface area contributed by atoms with E-state index in [2.05, 4.69) is 0 Å². The van der Waals surface area contributed by atoms with Gasteiger partial charge in [0.1, 0.15) is 17.3 Å². The Morgan fingerprint density at radius 2 is 1.67 bits per heavy atom. The van der Waals surface area contributed by atoms with Crippen LogP contribution in [-0.2, 0) is 26.1 Å². The van der Waals surface area contributed by atoms with Gasteiger partial charge < -0.3 is 20.1 Å². The van der Waals surface area contributed by atoms with Crippen LogP contribution in [0.2, 0.25) is 0 Å². The van der Waals surface area contributed by atoms with Crippen LogP contribution >= 0.6 is 0 Å². The number of nitro benzene ring substituents is 1. The van der Waals surface area contributed by atoms with Crippen molar-refractivity contribution >= 4 is 34.2 Å². The van der Waals surface area contributed by atoms with E-state index in [1.807, 2.05) is 41.9 Å². The lowest BCUT2D eigenvalue weighted by molar-refractivity contribution is -0.384. The summed E-state index contributed by atoms with van der Waals surface area (Å²) < 4.78 is 41.2. The van der Waals surface area contributed by atoms with Gasteiger partial charge in [-0.1, -0.05) is 24.3 Å². The molecule has 1 aliphatic heterocycles. The molecule has 1 amide bonds. The second-order valence-electron chi connectivity index (χ2n) is 10.1. The van der Waals surface area contributed by atoms with Gasteiger partial charge in [0.2, 0.25) is 0 Å². The number of aromatic nitrogens is 2. The molecule has 0 aliphatic carbocycles. The molecule has 2 heterocycles. The number of aryl methyl sites for hydroxylation is 3. The smallest absolute Gasteiger partial charge is 0.384 e. The number of halogens is 3. The molecular formula is C29H28F3N7O3. The van der Waals surface area contributed by atoms with Crippen molar-refractivity contribution in [1.82, 2.24) is 14.5 Å². The summed E-state index contributed by atoms with van der Waals surface area (Å²) in [5.41, 5.74) is 7.70. The van der Waals surface area contributed by atoms with Crippen LogP contribution in [0.4, 0.5) is 24.5 Å². The number of carbonyl (C=O) groups excluding carboxylic acids is 1. The van der Waals surface area contributed by atoms with Crippen molar-refractivity contribution in [2.24, 2.45) is 12.8 Å². The molecule has 3 N–H and O–H groups in total. The van der Waals surface area contributed by atoms with E-state index in [0.29, 0.717) is 29.1 Å². The van der Waals surface area contributed by atoms with Gasteiger partial charge in [-0.25, -0.2) is 4.98 Å². The number of nitrogens with one attached hydrogen (secondary N) is 1. The predicted octanol–water partition coefficient (Wildman–Crippen LogP) is 4.53. The first-order chi connectivity index (χ1) is 19.9. The van der Waals surface area contributed by atoms with Gasteiger partial charge in [0.15, 0.2) is 0 Å². The fourth-order valence-electron chi connectivity index (χ4n) is 5.16. The lowest BCUT2D eigenvalue weighted by Crippen LogP contribution is -2.49. The number of alkyl halides is 3. The molecule has 0 atom stereocenters. The number of nitrogen functional groups attached to an aromatic ring is 1. The third-order valence-corrected chi connectivity index (χ3v) is 7.53. The predicted molar refractivity (Wildman–Crippen MR) is 152 cm³/mol. The Labute approximate surface area is 238 Å². The normalized spacial score (nSPS) is 13.9. The highest BCUT2D eigenvalue weighted by molar-refractivity contribution is 5.97. The summed E-state index contributed by atoms with van der Waals surface area (Å²) in [6.07, 6.45) is -3.28. The van der Waals surface area contributed by atoms with E-state index in [1.54, 1.807) is 21.9 Å². The summed E-state index contributed by atoms with van der Waals surface area (Å²) in [5.74, 6) is 0.667. The lowest BCUT2D eigenvalue weighted by Gasteiger charge is -2.36. The van der Waals surface area contributed by atoms with Crippen molar-refractivity contribution in [2.75, 3.05) is 31.1 Å². The minimum absolute atomic E-state index is 0.0206. The molecule has 1 fully saturated rings. The molecule has 0 radical (unpaired) electrons. The molecule has 0 bridgehead atoms. The van der Waals surface area contributed by atoms with Crippen molar-refractivity contribution in [3.05, 3.63) is 98.9 Å². The number of nitrogens with two attached hydrogens (primary N) is 1. The maximum absolute atomic E-state index is 13.3. The number of carbonyl (C=O) groups is 1. The minimum Gasteiger partial charge on any atom is -0.384 e. The molecule has 13 heteroatoms. The molecule has 42 heavy (non-hydrogen) atoms. The second kappa shape index (κ2) is 11.1. The van der Waals surface area contributed by atoms with E-state index in [1.165, 1.54) is 0 Å². The number of piperazine rings is 1. The second-order valence-corrected chi connectivity index (χ2v) is 10.1. The van der Waals surface area contributed by atoms with Gasteiger partial charge in [-0.2, -0.15) is 13.2 Å². The number of amides is 1. The quantitative estimate of drug-likeness (QED) is 0.143. The number of hydrogen-bond acceptors (Lipinski definition) is 6. The zero-order valence-electron chi connectivity index (χ0n) is 22.7. The number of benzene rings is 3. The molecule has 1 saturated heterocycles. The minimum atomic E-state index is -4.69. The van der Waals surface area contributed by atoms with Crippen LogP contribution in [0.15, 0.2) is 60.7 Å². The van der Waals surface area contributed by atoms with Gasteiger partial charge >= 0.3 is 6.18 Å². The Morgan fingerprint density at radius 3 is 2.29 bits per heavy atom. The van der Waals surface area contributed by atoms with Crippen LogP contribution in [0.25, 0.3) is 11.0 Å². The molecule has 0 unspecified atom stereocenters. The largest absolute Gasteiger partial charge is 0.416 e. The fourth-order valence-corrected chi connectivity index (χ4v) is 5.16. The van der Waals surface area contributed by atoms with Crippen molar-refractivity contribution in [3.8, 4) is 0 Å². The van der Waals surface area contributed by atoms with Gasteiger partial charge in [0.05, 0.1) is 21.5 Å². The van der Waals surface area contributed by atoms with E-state index in [4.69, 9.17) is 16.1 Å². The van der Waals surface area contributed by atoms with Crippen molar-refractivity contribution in [3.63, 3.8) is 0 Å². The number of rotatable bonds is 7. The topological polar surface area (TPSA) is 134 Å². The molecular weight excluding hydrogens is 551 g/mol. The van der Waals surface area contributed by atoms with E-state index in [9.17, 15) is 28.1 Å². The maximum atomic E-state index is 13.3. The number of nitrogens with zero attached hydrogens (tertiary/aromatic N) is 5. The van der Waals surface area contributed by atoms with E-state index < -0.39 is 22.4 Å². The van der Waals surface area contributed by atoms with E-state index in [-0.39, 0.29) is 43.6 Å². The number of anilines is 1. The molecule has 218 valence electrons. The number of imidazole rings is 1. The van der Waals surface area contributed by atoms with Gasteiger partial charge in [0, 0.05) is 56.8 Å². The average Bonchev–Trinajstić information content (AvgIpc) is 3.29. The zero-order chi connectivity index (χ0) is 30.2. The summed E-state index contributed by atoms with van der Waals surface area (Å²) in [6, 6.07) is 15.3. The summed E-state index contributed by atoms with van der Waals surface area (Å²) in [6.45, 7) is 0.985. The van der Waals surface area contributed by atoms with E-state index in [0.717, 1.165) is 35.5 Å². The fraction of sp³-hybridized carbons (Fsp3) is 0.276. The number of fused-ring (bicyclic) bond motifs is 1. The highest BCUT2D eigenvalue weighted by Gasteiger charge is 2.34. The average molecular weight is 580 g/mol. The molecule has 5 rings (SSSR count). The monoisotopic (exact) mass is 579 g/mol. The SMILES string of the molecule is Cn1c(CCc2ccc(C(=N)N)cc2)nc2cc(C(=O)N3CCN(c4ccc(C(F)(F)F)cc4[N+](=O)[O-])CC3)ccc21. The van der Waals surface area contributed by atoms with Crippen LogP contribution in [0.3, 0.4) is 0 Å². The van der Waals surface area contributed by atoms with Gasteiger partial charge in [-0.05, 0) is 42.3 Å². The summed E-state index contributed by atoms with van der Waals surface area (Å²) in [5, 5.41) is 19.0. The van der Waals surface area contributed by atoms with Crippen LogP contribution in [-0.4, -0.2) is 57.3 Å². The Balaban J connectivity index is 1.26. The Morgan fingerprint density at radius 1 is 1.00 bits per heavy atom. The first kappa shape index (κ1) is 28.6. The summed E-state index contributed by atoms with van der Waals surface area (Å²) >= 11 is 0.